The average Bonchev–Trinajstić information content (AvgIpc) is 2.62. The number of nitrogens with zero attached hydrogens (tertiary/aromatic N) is 1. The van der Waals surface area contributed by atoms with E-state index in [1.165, 1.54) is 5.56 Å². The van der Waals surface area contributed by atoms with Crippen molar-refractivity contribution in [3.8, 4) is 11.5 Å². The minimum atomic E-state index is -0.318. The number of hydrazone groups is 1. The summed E-state index contributed by atoms with van der Waals surface area (Å²) in [6.07, 6.45) is 2.50. The fourth-order valence-corrected chi connectivity index (χ4v) is 2.09. The van der Waals surface area contributed by atoms with E-state index in [0.29, 0.717) is 12.4 Å². The van der Waals surface area contributed by atoms with Crippen LogP contribution in [0.4, 0.5) is 0 Å². The molecule has 0 aliphatic rings. The van der Waals surface area contributed by atoms with Gasteiger partial charge in [-0.2, -0.15) is 5.10 Å². The van der Waals surface area contributed by atoms with E-state index in [4.69, 9.17) is 9.47 Å². The molecular formula is C20H24N2O3. The summed E-state index contributed by atoms with van der Waals surface area (Å²) < 4.78 is 11.1. The molecule has 5 heteroatoms. The van der Waals surface area contributed by atoms with Gasteiger partial charge in [0.05, 0.1) is 12.8 Å². The van der Waals surface area contributed by atoms with Crippen LogP contribution in [0.3, 0.4) is 0 Å². The van der Waals surface area contributed by atoms with Gasteiger partial charge in [0.1, 0.15) is 11.5 Å². The van der Waals surface area contributed by atoms with Crippen LogP contribution in [0, 0.1) is 13.8 Å². The van der Waals surface area contributed by atoms with Gasteiger partial charge in [0.2, 0.25) is 0 Å². The summed E-state index contributed by atoms with van der Waals surface area (Å²) in [6, 6.07) is 13.3. The fourth-order valence-electron chi connectivity index (χ4n) is 2.09. The number of aryl methyl sites for hydroxylation is 2. The van der Waals surface area contributed by atoms with Gasteiger partial charge in [-0.3, -0.25) is 4.79 Å². The van der Waals surface area contributed by atoms with Gasteiger partial charge in [0.25, 0.3) is 5.91 Å². The molecule has 0 heterocycles. The Labute approximate surface area is 148 Å². The number of ether oxygens (including phenoxy) is 2. The summed E-state index contributed by atoms with van der Waals surface area (Å²) in [5, 5.41) is 3.97. The van der Waals surface area contributed by atoms with Gasteiger partial charge in [-0.15, -0.1) is 0 Å². The molecule has 0 saturated carbocycles. The lowest BCUT2D eigenvalue weighted by Crippen LogP contribution is -2.24. The highest BCUT2D eigenvalue weighted by Gasteiger charge is 2.03. The second kappa shape index (κ2) is 9.47. The van der Waals surface area contributed by atoms with Crippen molar-refractivity contribution in [2.45, 2.75) is 27.2 Å². The van der Waals surface area contributed by atoms with Crippen LogP contribution in [0.5, 0.6) is 11.5 Å². The van der Waals surface area contributed by atoms with Crippen LogP contribution < -0.4 is 14.9 Å². The van der Waals surface area contributed by atoms with Crippen LogP contribution in [0.15, 0.2) is 47.6 Å². The Bertz CT molecular complexity index is 741. The molecule has 1 N–H and O–H groups in total. The Morgan fingerprint density at radius 3 is 2.68 bits per heavy atom. The van der Waals surface area contributed by atoms with E-state index in [9.17, 15) is 4.79 Å². The standard InChI is InChI=1S/C20H24N2O3/c1-4-11-24-19-8-6-5-7-17(19)13-21-22-20(23)14-25-18-10-9-15(2)16(3)12-18/h5-10,12-13H,4,11,14H2,1-3H3,(H,22,23)/b21-13-. The van der Waals surface area contributed by atoms with E-state index in [1.807, 2.05) is 63.2 Å². The van der Waals surface area contributed by atoms with Crippen LogP contribution in [-0.4, -0.2) is 25.3 Å². The van der Waals surface area contributed by atoms with Gasteiger partial charge >= 0.3 is 0 Å². The Balaban J connectivity index is 1.85. The largest absolute Gasteiger partial charge is 0.493 e. The Kier molecular flexibility index (Phi) is 7.01. The van der Waals surface area contributed by atoms with Crippen molar-refractivity contribution in [3.63, 3.8) is 0 Å². The zero-order valence-electron chi connectivity index (χ0n) is 14.9. The van der Waals surface area contributed by atoms with Crippen LogP contribution in [-0.2, 0) is 4.79 Å². The van der Waals surface area contributed by atoms with Crippen LogP contribution in [0.2, 0.25) is 0 Å². The Morgan fingerprint density at radius 2 is 1.92 bits per heavy atom. The molecular weight excluding hydrogens is 316 g/mol. The fraction of sp³-hybridized carbons (Fsp3) is 0.300. The normalized spacial score (nSPS) is 10.7. The first-order valence-corrected chi connectivity index (χ1v) is 8.34. The Morgan fingerprint density at radius 1 is 1.12 bits per heavy atom. The molecule has 0 saturated heterocycles. The molecule has 0 atom stereocenters. The zero-order valence-corrected chi connectivity index (χ0v) is 14.9. The lowest BCUT2D eigenvalue weighted by atomic mass is 10.1. The quantitative estimate of drug-likeness (QED) is 0.590. The van der Waals surface area contributed by atoms with Crippen LogP contribution in [0.1, 0.15) is 30.0 Å². The third-order valence-corrected chi connectivity index (χ3v) is 3.62. The molecule has 0 fully saturated rings. The van der Waals surface area contributed by atoms with Crippen LogP contribution >= 0.6 is 0 Å². The second-order valence-electron chi connectivity index (χ2n) is 5.71. The first kappa shape index (κ1) is 18.5. The summed E-state index contributed by atoms with van der Waals surface area (Å²) in [7, 11) is 0. The topological polar surface area (TPSA) is 59.9 Å². The molecule has 25 heavy (non-hydrogen) atoms. The highest BCUT2D eigenvalue weighted by Crippen LogP contribution is 2.17. The van der Waals surface area contributed by atoms with Crippen molar-refractivity contribution >= 4 is 12.1 Å². The third kappa shape index (κ3) is 5.95. The summed E-state index contributed by atoms with van der Waals surface area (Å²) in [5.41, 5.74) is 5.58. The van der Waals surface area contributed by atoms with Crippen molar-refractivity contribution < 1.29 is 14.3 Å². The van der Waals surface area contributed by atoms with Crippen molar-refractivity contribution in [2.24, 2.45) is 5.10 Å². The van der Waals surface area contributed by atoms with E-state index in [1.54, 1.807) is 6.21 Å². The van der Waals surface area contributed by atoms with E-state index in [0.717, 1.165) is 23.3 Å². The summed E-state index contributed by atoms with van der Waals surface area (Å²) >= 11 is 0. The van der Waals surface area contributed by atoms with Crippen LogP contribution in [0.25, 0.3) is 0 Å². The zero-order chi connectivity index (χ0) is 18.1. The second-order valence-corrected chi connectivity index (χ2v) is 5.71. The molecule has 0 aromatic heterocycles. The Hall–Kier alpha value is -2.82. The maximum Gasteiger partial charge on any atom is 0.277 e. The van der Waals surface area contributed by atoms with Gasteiger partial charge < -0.3 is 9.47 Å². The number of rotatable bonds is 8. The third-order valence-electron chi connectivity index (χ3n) is 3.62. The highest BCUT2D eigenvalue weighted by molar-refractivity contribution is 5.85. The van der Waals surface area contributed by atoms with E-state index in [-0.39, 0.29) is 12.5 Å². The lowest BCUT2D eigenvalue weighted by Gasteiger charge is -2.08. The molecule has 5 nitrogen and oxygen atoms in total. The summed E-state index contributed by atoms with van der Waals surface area (Å²) in [6.45, 7) is 6.63. The maximum absolute atomic E-state index is 11.8. The number of benzene rings is 2. The smallest absolute Gasteiger partial charge is 0.277 e. The first-order valence-electron chi connectivity index (χ1n) is 8.34. The van der Waals surface area contributed by atoms with Crippen molar-refractivity contribution in [3.05, 3.63) is 59.2 Å². The molecule has 132 valence electrons. The first-order chi connectivity index (χ1) is 12.1. The van der Waals surface area contributed by atoms with E-state index < -0.39 is 0 Å². The number of para-hydroxylation sites is 1. The molecule has 0 radical (unpaired) electrons. The number of carbonyl (C=O) groups is 1. The molecule has 1 amide bonds. The molecule has 2 aromatic rings. The van der Waals surface area contributed by atoms with Crippen molar-refractivity contribution in [1.29, 1.82) is 0 Å². The predicted octanol–water partition coefficient (Wildman–Crippen LogP) is 3.62. The van der Waals surface area contributed by atoms with E-state index in [2.05, 4.69) is 10.5 Å². The number of carbonyl (C=O) groups excluding carboxylic acids is 1. The molecule has 0 aliphatic carbocycles. The molecule has 0 spiro atoms. The molecule has 2 rings (SSSR count). The van der Waals surface area contributed by atoms with Gasteiger partial charge in [-0.1, -0.05) is 25.1 Å². The van der Waals surface area contributed by atoms with Gasteiger partial charge in [0, 0.05) is 5.56 Å². The highest BCUT2D eigenvalue weighted by atomic mass is 16.5. The number of nitrogens with one attached hydrogen (secondary N) is 1. The minimum absolute atomic E-state index is 0.0895. The van der Waals surface area contributed by atoms with Gasteiger partial charge in [-0.05, 0) is 55.7 Å². The van der Waals surface area contributed by atoms with Crippen molar-refractivity contribution in [1.82, 2.24) is 5.43 Å². The predicted molar refractivity (Wildman–Crippen MR) is 99.4 cm³/mol. The summed E-state index contributed by atoms with van der Waals surface area (Å²) in [4.78, 5) is 11.8. The lowest BCUT2D eigenvalue weighted by molar-refractivity contribution is -0.123. The molecule has 0 unspecified atom stereocenters. The van der Waals surface area contributed by atoms with Gasteiger partial charge in [-0.25, -0.2) is 5.43 Å². The molecule has 2 aromatic carbocycles. The number of hydrogen-bond acceptors (Lipinski definition) is 4. The number of amides is 1. The SMILES string of the molecule is CCCOc1ccccc1/C=N\NC(=O)COc1ccc(C)c(C)c1. The van der Waals surface area contributed by atoms with Crippen molar-refractivity contribution in [2.75, 3.05) is 13.2 Å². The van der Waals surface area contributed by atoms with E-state index >= 15 is 0 Å². The number of hydrogen-bond donors (Lipinski definition) is 1. The molecule has 0 bridgehead atoms. The monoisotopic (exact) mass is 340 g/mol. The average molecular weight is 340 g/mol. The molecule has 0 aliphatic heterocycles. The maximum atomic E-state index is 11.8. The minimum Gasteiger partial charge on any atom is -0.493 e. The summed E-state index contributed by atoms with van der Waals surface area (Å²) in [5.74, 6) is 1.09. The van der Waals surface area contributed by atoms with Gasteiger partial charge in [0.15, 0.2) is 6.61 Å².